The molecule has 3 aliphatic rings. The molecule has 1 saturated heterocycles. The van der Waals surface area contributed by atoms with Gasteiger partial charge in [0.05, 0.1) is 11.9 Å². The molecule has 3 heterocycles. The van der Waals surface area contributed by atoms with Gasteiger partial charge in [-0.15, -0.1) is 0 Å². The third-order valence-electron chi connectivity index (χ3n) is 7.88. The van der Waals surface area contributed by atoms with Crippen LogP contribution < -0.4 is 10.6 Å². The Morgan fingerprint density at radius 3 is 2.64 bits per heavy atom. The van der Waals surface area contributed by atoms with E-state index in [4.69, 9.17) is 5.41 Å². The molecular weight excluding hydrogens is 452 g/mol. The number of hydrogen-bond donors (Lipinski definition) is 4. The number of benzene rings is 1. The minimum atomic E-state index is -0.623. The minimum Gasteiger partial charge on any atom is -0.390 e. The Hall–Kier alpha value is -2.97. The number of aliphatic hydroxyl groups excluding tert-OH is 1. The molecule has 0 radical (unpaired) electrons. The van der Waals surface area contributed by atoms with Crippen molar-refractivity contribution in [2.24, 2.45) is 5.92 Å². The second-order valence-corrected chi connectivity index (χ2v) is 10.5. The van der Waals surface area contributed by atoms with Crippen LogP contribution in [-0.2, 0) is 13.0 Å². The van der Waals surface area contributed by atoms with Gasteiger partial charge in [-0.05, 0) is 55.4 Å². The van der Waals surface area contributed by atoms with Crippen LogP contribution in [0.25, 0.3) is 0 Å². The first kappa shape index (κ1) is 24.7. The molecule has 36 heavy (non-hydrogen) atoms. The van der Waals surface area contributed by atoms with Crippen molar-refractivity contribution in [1.82, 2.24) is 20.1 Å². The highest BCUT2D eigenvalue weighted by Gasteiger charge is 2.29. The number of carbonyl (C=O) groups excluding carboxylic acids is 1. The lowest BCUT2D eigenvalue weighted by Crippen LogP contribution is -2.45. The first-order valence-corrected chi connectivity index (χ1v) is 13.4. The summed E-state index contributed by atoms with van der Waals surface area (Å²) >= 11 is 0. The van der Waals surface area contributed by atoms with Gasteiger partial charge in [-0.1, -0.05) is 30.7 Å². The van der Waals surface area contributed by atoms with Crippen molar-refractivity contribution in [3.8, 4) is 0 Å². The zero-order valence-corrected chi connectivity index (χ0v) is 21.0. The highest BCUT2D eigenvalue weighted by Crippen LogP contribution is 2.29. The van der Waals surface area contributed by atoms with Crippen LogP contribution >= 0.6 is 0 Å². The number of rotatable bonds is 8. The van der Waals surface area contributed by atoms with Crippen molar-refractivity contribution in [2.75, 3.05) is 38.0 Å². The van der Waals surface area contributed by atoms with Gasteiger partial charge in [0.1, 0.15) is 5.82 Å². The van der Waals surface area contributed by atoms with E-state index in [0.717, 1.165) is 51.3 Å². The summed E-state index contributed by atoms with van der Waals surface area (Å²) in [4.78, 5) is 21.6. The Morgan fingerprint density at radius 2 is 1.89 bits per heavy atom. The van der Waals surface area contributed by atoms with Gasteiger partial charge in [0.2, 0.25) is 0 Å². The van der Waals surface area contributed by atoms with Crippen molar-refractivity contribution < 1.29 is 9.90 Å². The van der Waals surface area contributed by atoms with E-state index in [2.05, 4.69) is 49.7 Å². The number of aromatic nitrogens is 1. The zero-order valence-electron chi connectivity index (χ0n) is 21.0. The summed E-state index contributed by atoms with van der Waals surface area (Å²) in [6, 6.07) is 12.2. The molecule has 1 aliphatic carbocycles. The number of amides is 1. The molecule has 0 unspecified atom stereocenters. The molecule has 2 aliphatic heterocycles. The lowest BCUT2D eigenvalue weighted by atomic mass is 9.83. The fraction of sp³-hybridized carbons (Fsp3) is 0.536. The number of pyridine rings is 1. The number of fused-ring (bicyclic) bond motifs is 1. The number of carbonyl (C=O) groups is 1. The summed E-state index contributed by atoms with van der Waals surface area (Å²) < 4.78 is 0. The first-order chi connectivity index (χ1) is 17.5. The van der Waals surface area contributed by atoms with Crippen LogP contribution in [0, 0.1) is 11.3 Å². The van der Waals surface area contributed by atoms with Crippen LogP contribution in [0.5, 0.6) is 0 Å². The molecule has 1 aromatic carbocycles. The van der Waals surface area contributed by atoms with E-state index in [0.29, 0.717) is 23.8 Å². The highest BCUT2D eigenvalue weighted by molar-refractivity contribution is 5.94. The molecule has 1 amide bonds. The van der Waals surface area contributed by atoms with E-state index < -0.39 is 6.10 Å². The van der Waals surface area contributed by atoms with E-state index in [1.165, 1.54) is 30.4 Å². The summed E-state index contributed by atoms with van der Waals surface area (Å²) in [5.74, 6) is 1.79. The smallest absolute Gasteiger partial charge is 0.251 e. The monoisotopic (exact) mass is 490 g/mol. The molecule has 8 nitrogen and oxygen atoms in total. The quantitative estimate of drug-likeness (QED) is 0.335. The molecule has 0 spiro atoms. The topological polar surface area (TPSA) is 105 Å². The average Bonchev–Trinajstić information content (AvgIpc) is 2.87. The molecule has 2 aromatic rings. The fourth-order valence-corrected chi connectivity index (χ4v) is 5.45. The number of β-amino-alcohol motifs (C(OH)–C–C–N with tert-alkyl or cyclic N) is 1. The summed E-state index contributed by atoms with van der Waals surface area (Å²) in [5.41, 5.74) is 3.24. The predicted molar refractivity (Wildman–Crippen MR) is 141 cm³/mol. The Kier molecular flexibility index (Phi) is 7.82. The van der Waals surface area contributed by atoms with Gasteiger partial charge in [0.25, 0.3) is 5.91 Å². The number of likely N-dealkylation sites (tertiary alicyclic amines) is 1. The van der Waals surface area contributed by atoms with Crippen molar-refractivity contribution in [3.63, 3.8) is 0 Å². The van der Waals surface area contributed by atoms with Crippen molar-refractivity contribution >= 4 is 17.6 Å². The summed E-state index contributed by atoms with van der Waals surface area (Å²) in [5, 5.41) is 25.3. The summed E-state index contributed by atoms with van der Waals surface area (Å²) in [6.07, 6.45) is 7.53. The zero-order chi connectivity index (χ0) is 24.9. The number of amidine groups is 1. The normalized spacial score (nSPS) is 19.8. The van der Waals surface area contributed by atoms with E-state index in [1.807, 2.05) is 0 Å². The molecule has 192 valence electrons. The van der Waals surface area contributed by atoms with Crippen LogP contribution in [-0.4, -0.2) is 76.5 Å². The highest BCUT2D eigenvalue weighted by atomic mass is 16.3. The third kappa shape index (κ3) is 6.05. The maximum Gasteiger partial charge on any atom is 0.251 e. The summed E-state index contributed by atoms with van der Waals surface area (Å²) in [6.45, 7) is 4.30. The van der Waals surface area contributed by atoms with E-state index in [1.54, 1.807) is 18.3 Å². The standard InChI is InChI=1S/C28H38N6O2/c29-27(21-6-3-7-21)34-14-10-24(11-15-34)32-26-16-22(8-12-30-26)28(36)31-17-25(35)19-33-13-9-20-4-1-2-5-23(20)18-33/h1-2,4-5,8,12,16,21,24-25,29,35H,3,6-7,9-11,13-15,17-19H2,(H,30,32)(H,31,36)/t25-/m0/s1. The van der Waals surface area contributed by atoms with Gasteiger partial charge < -0.3 is 20.6 Å². The van der Waals surface area contributed by atoms with Crippen LogP contribution in [0.1, 0.15) is 53.6 Å². The number of aliphatic hydroxyl groups is 1. The number of anilines is 1. The number of hydrogen-bond acceptors (Lipinski definition) is 6. The van der Waals surface area contributed by atoms with Crippen molar-refractivity contribution in [3.05, 3.63) is 59.3 Å². The SMILES string of the molecule is N=C(C1CCC1)N1CCC(Nc2cc(C(=O)NC[C@H](O)CN3CCc4ccccc4C3)ccn2)CC1. The lowest BCUT2D eigenvalue weighted by Gasteiger charge is -2.39. The maximum atomic E-state index is 12.7. The van der Waals surface area contributed by atoms with Gasteiger partial charge in [-0.25, -0.2) is 4.98 Å². The van der Waals surface area contributed by atoms with Gasteiger partial charge in [-0.2, -0.15) is 0 Å². The molecular formula is C28H38N6O2. The van der Waals surface area contributed by atoms with E-state index in [-0.39, 0.29) is 18.5 Å². The first-order valence-electron chi connectivity index (χ1n) is 13.4. The van der Waals surface area contributed by atoms with Crippen LogP contribution in [0.15, 0.2) is 42.6 Å². The molecule has 1 aromatic heterocycles. The van der Waals surface area contributed by atoms with E-state index in [9.17, 15) is 9.90 Å². The molecule has 0 bridgehead atoms. The molecule has 5 rings (SSSR count). The summed E-state index contributed by atoms with van der Waals surface area (Å²) in [7, 11) is 0. The molecule has 1 atom stereocenters. The number of piperidine rings is 1. The van der Waals surface area contributed by atoms with Crippen LogP contribution in [0.2, 0.25) is 0 Å². The molecule has 8 heteroatoms. The largest absolute Gasteiger partial charge is 0.390 e. The Bertz CT molecular complexity index is 1060. The minimum absolute atomic E-state index is 0.202. The lowest BCUT2D eigenvalue weighted by molar-refractivity contribution is 0.0842. The molecule has 1 saturated carbocycles. The Labute approximate surface area is 213 Å². The second-order valence-electron chi connectivity index (χ2n) is 10.5. The molecule has 4 N–H and O–H groups in total. The van der Waals surface area contributed by atoms with Gasteiger partial charge in [0.15, 0.2) is 0 Å². The Balaban J connectivity index is 1.06. The van der Waals surface area contributed by atoms with Gasteiger partial charge in [-0.3, -0.25) is 15.1 Å². The van der Waals surface area contributed by atoms with E-state index >= 15 is 0 Å². The second kappa shape index (κ2) is 11.4. The third-order valence-corrected chi connectivity index (χ3v) is 7.88. The average molecular weight is 491 g/mol. The van der Waals surface area contributed by atoms with Crippen molar-refractivity contribution in [2.45, 2.75) is 57.2 Å². The fourth-order valence-electron chi connectivity index (χ4n) is 5.45. The number of nitrogens with zero attached hydrogens (tertiary/aromatic N) is 3. The Morgan fingerprint density at radius 1 is 1.11 bits per heavy atom. The number of nitrogens with one attached hydrogen (secondary N) is 3. The molecule has 2 fully saturated rings. The van der Waals surface area contributed by atoms with Crippen LogP contribution in [0.3, 0.4) is 0 Å². The van der Waals surface area contributed by atoms with Gasteiger partial charge in [0, 0.05) is 63.0 Å². The van der Waals surface area contributed by atoms with Crippen LogP contribution in [0.4, 0.5) is 5.82 Å². The van der Waals surface area contributed by atoms with Gasteiger partial charge >= 0.3 is 0 Å². The predicted octanol–water partition coefficient (Wildman–Crippen LogP) is 2.88. The maximum absolute atomic E-state index is 12.7. The van der Waals surface area contributed by atoms with Crippen molar-refractivity contribution in [1.29, 1.82) is 5.41 Å².